The molecular formula is C13H27NO. The highest BCUT2D eigenvalue weighted by molar-refractivity contribution is 4.85. The Morgan fingerprint density at radius 2 is 2.07 bits per heavy atom. The smallest absolute Gasteiger partial charge is 0.0488 e. The zero-order valence-electron chi connectivity index (χ0n) is 10.6. The van der Waals surface area contributed by atoms with Gasteiger partial charge in [-0.05, 0) is 44.1 Å². The van der Waals surface area contributed by atoms with E-state index in [2.05, 4.69) is 26.1 Å². The van der Waals surface area contributed by atoms with Crippen LogP contribution in [-0.2, 0) is 4.74 Å². The van der Waals surface area contributed by atoms with Crippen LogP contribution in [0.3, 0.4) is 0 Å². The van der Waals surface area contributed by atoms with Crippen molar-refractivity contribution in [1.29, 1.82) is 0 Å². The third-order valence-electron chi connectivity index (χ3n) is 2.91. The fraction of sp³-hybridized carbons (Fsp3) is 1.00. The van der Waals surface area contributed by atoms with Crippen LogP contribution in [0.15, 0.2) is 0 Å². The van der Waals surface area contributed by atoms with Crippen molar-refractivity contribution in [3.8, 4) is 0 Å². The Hall–Kier alpha value is -0.0800. The van der Waals surface area contributed by atoms with E-state index in [0.29, 0.717) is 5.92 Å². The van der Waals surface area contributed by atoms with Crippen LogP contribution in [-0.4, -0.2) is 25.8 Å². The molecule has 0 aromatic carbocycles. The highest BCUT2D eigenvalue weighted by Crippen LogP contribution is 2.34. The van der Waals surface area contributed by atoms with Crippen molar-refractivity contribution in [1.82, 2.24) is 5.32 Å². The zero-order valence-corrected chi connectivity index (χ0v) is 10.6. The summed E-state index contributed by atoms with van der Waals surface area (Å²) in [4.78, 5) is 0. The lowest BCUT2D eigenvalue weighted by atomic mass is 10.1. The Morgan fingerprint density at radius 1 is 1.33 bits per heavy atom. The van der Waals surface area contributed by atoms with Gasteiger partial charge in [-0.3, -0.25) is 0 Å². The molecule has 90 valence electrons. The Balaban J connectivity index is 1.96. The molecule has 0 aliphatic heterocycles. The highest BCUT2D eigenvalue weighted by atomic mass is 16.5. The molecule has 2 nitrogen and oxygen atoms in total. The van der Waals surface area contributed by atoms with Gasteiger partial charge in [0.2, 0.25) is 0 Å². The fourth-order valence-electron chi connectivity index (χ4n) is 1.99. The summed E-state index contributed by atoms with van der Waals surface area (Å²) in [6, 6.07) is 0.762. The van der Waals surface area contributed by atoms with Crippen molar-refractivity contribution in [2.75, 3.05) is 19.8 Å². The maximum atomic E-state index is 5.60. The van der Waals surface area contributed by atoms with Crippen LogP contribution in [0.25, 0.3) is 0 Å². The number of rotatable bonds is 9. The Labute approximate surface area is 94.8 Å². The average molecular weight is 213 g/mol. The van der Waals surface area contributed by atoms with Gasteiger partial charge >= 0.3 is 0 Å². The SMILES string of the molecule is CCNC(CCCOCC(C)C)C1CC1. The molecule has 1 aliphatic carbocycles. The van der Waals surface area contributed by atoms with E-state index < -0.39 is 0 Å². The third-order valence-corrected chi connectivity index (χ3v) is 2.91. The molecule has 15 heavy (non-hydrogen) atoms. The van der Waals surface area contributed by atoms with Crippen LogP contribution in [0.5, 0.6) is 0 Å². The van der Waals surface area contributed by atoms with Crippen LogP contribution < -0.4 is 5.32 Å². The molecule has 0 amide bonds. The van der Waals surface area contributed by atoms with Crippen molar-refractivity contribution < 1.29 is 4.74 Å². The van der Waals surface area contributed by atoms with E-state index in [1.807, 2.05) is 0 Å². The van der Waals surface area contributed by atoms with Gasteiger partial charge in [0.1, 0.15) is 0 Å². The molecule has 1 N–H and O–H groups in total. The average Bonchev–Trinajstić information content (AvgIpc) is 2.98. The predicted octanol–water partition coefficient (Wildman–Crippen LogP) is 2.83. The summed E-state index contributed by atoms with van der Waals surface area (Å²) in [5.74, 6) is 1.63. The van der Waals surface area contributed by atoms with Gasteiger partial charge in [0.15, 0.2) is 0 Å². The lowest BCUT2D eigenvalue weighted by molar-refractivity contribution is 0.104. The van der Waals surface area contributed by atoms with Crippen LogP contribution in [0.1, 0.15) is 46.5 Å². The Morgan fingerprint density at radius 3 is 2.60 bits per heavy atom. The molecule has 0 bridgehead atoms. The van der Waals surface area contributed by atoms with Crippen LogP contribution >= 0.6 is 0 Å². The highest BCUT2D eigenvalue weighted by Gasteiger charge is 2.29. The third kappa shape index (κ3) is 6.16. The van der Waals surface area contributed by atoms with E-state index in [1.54, 1.807) is 0 Å². The van der Waals surface area contributed by atoms with Gasteiger partial charge in [0.05, 0.1) is 0 Å². The molecule has 0 aromatic heterocycles. The molecular weight excluding hydrogens is 186 g/mol. The van der Waals surface area contributed by atoms with Crippen LogP contribution in [0.4, 0.5) is 0 Å². The summed E-state index contributed by atoms with van der Waals surface area (Å²) < 4.78 is 5.60. The maximum Gasteiger partial charge on any atom is 0.0488 e. The van der Waals surface area contributed by atoms with Crippen LogP contribution in [0, 0.1) is 11.8 Å². The minimum atomic E-state index is 0.665. The number of nitrogens with one attached hydrogen (secondary N) is 1. The van der Waals surface area contributed by atoms with Gasteiger partial charge in [0.25, 0.3) is 0 Å². The van der Waals surface area contributed by atoms with Crippen molar-refractivity contribution in [2.45, 2.75) is 52.5 Å². The van der Waals surface area contributed by atoms with Crippen LogP contribution in [0.2, 0.25) is 0 Å². The Kier molecular flexibility index (Phi) is 6.26. The van der Waals surface area contributed by atoms with Gasteiger partial charge in [-0.1, -0.05) is 20.8 Å². The van der Waals surface area contributed by atoms with Crippen molar-refractivity contribution >= 4 is 0 Å². The summed E-state index contributed by atoms with van der Waals surface area (Å²) in [6.45, 7) is 9.55. The summed E-state index contributed by atoms with van der Waals surface area (Å²) in [5.41, 5.74) is 0. The van der Waals surface area contributed by atoms with E-state index >= 15 is 0 Å². The van der Waals surface area contributed by atoms with Gasteiger partial charge in [-0.25, -0.2) is 0 Å². The second kappa shape index (κ2) is 7.24. The molecule has 0 saturated heterocycles. The van der Waals surface area contributed by atoms with Gasteiger partial charge in [-0.2, -0.15) is 0 Å². The summed E-state index contributed by atoms with van der Waals surface area (Å²) >= 11 is 0. The fourth-order valence-corrected chi connectivity index (χ4v) is 1.99. The first kappa shape index (κ1) is 13.0. The van der Waals surface area contributed by atoms with Gasteiger partial charge < -0.3 is 10.1 Å². The summed E-state index contributed by atoms with van der Waals surface area (Å²) in [5, 5.41) is 3.59. The van der Waals surface area contributed by atoms with E-state index in [-0.39, 0.29) is 0 Å². The lowest BCUT2D eigenvalue weighted by Crippen LogP contribution is -2.31. The monoisotopic (exact) mass is 213 g/mol. The first-order chi connectivity index (χ1) is 7.24. The van der Waals surface area contributed by atoms with E-state index in [0.717, 1.165) is 31.7 Å². The first-order valence-electron chi connectivity index (χ1n) is 6.55. The zero-order chi connectivity index (χ0) is 11.1. The molecule has 0 spiro atoms. The lowest BCUT2D eigenvalue weighted by Gasteiger charge is -2.17. The molecule has 1 unspecified atom stereocenters. The summed E-state index contributed by atoms with van der Waals surface area (Å²) in [6.07, 6.45) is 5.37. The molecule has 0 radical (unpaired) electrons. The largest absolute Gasteiger partial charge is 0.381 e. The minimum Gasteiger partial charge on any atom is -0.381 e. The number of ether oxygens (including phenoxy) is 1. The maximum absolute atomic E-state index is 5.60. The molecule has 1 fully saturated rings. The minimum absolute atomic E-state index is 0.665. The normalized spacial score (nSPS) is 18.4. The van der Waals surface area contributed by atoms with Crippen molar-refractivity contribution in [2.24, 2.45) is 11.8 Å². The molecule has 0 heterocycles. The summed E-state index contributed by atoms with van der Waals surface area (Å²) in [7, 11) is 0. The predicted molar refractivity (Wildman–Crippen MR) is 65.1 cm³/mol. The molecule has 1 rings (SSSR count). The Bertz CT molecular complexity index is 155. The van der Waals surface area contributed by atoms with Crippen molar-refractivity contribution in [3.63, 3.8) is 0 Å². The first-order valence-corrected chi connectivity index (χ1v) is 6.55. The molecule has 1 atom stereocenters. The number of hydrogen-bond donors (Lipinski definition) is 1. The van der Waals surface area contributed by atoms with Gasteiger partial charge in [0, 0.05) is 19.3 Å². The van der Waals surface area contributed by atoms with E-state index in [1.165, 1.54) is 25.7 Å². The quantitative estimate of drug-likeness (QED) is 0.595. The number of hydrogen-bond acceptors (Lipinski definition) is 2. The molecule has 0 aromatic rings. The molecule has 1 aliphatic rings. The van der Waals surface area contributed by atoms with E-state index in [4.69, 9.17) is 4.74 Å². The van der Waals surface area contributed by atoms with E-state index in [9.17, 15) is 0 Å². The van der Waals surface area contributed by atoms with Crippen molar-refractivity contribution in [3.05, 3.63) is 0 Å². The standard InChI is InChI=1S/C13H27NO/c1-4-14-13(12-7-8-12)6-5-9-15-10-11(2)3/h11-14H,4-10H2,1-3H3. The molecule has 1 saturated carbocycles. The second-order valence-electron chi connectivity index (χ2n) is 5.11. The molecule has 2 heteroatoms. The topological polar surface area (TPSA) is 21.3 Å². The second-order valence-corrected chi connectivity index (χ2v) is 5.11. The van der Waals surface area contributed by atoms with Gasteiger partial charge in [-0.15, -0.1) is 0 Å².